The van der Waals surface area contributed by atoms with E-state index in [0.717, 1.165) is 76.8 Å². The highest BCUT2D eigenvalue weighted by molar-refractivity contribution is 5.93. The summed E-state index contributed by atoms with van der Waals surface area (Å²) in [5.41, 5.74) is 4.34. The fourth-order valence-electron chi connectivity index (χ4n) is 6.21. The lowest BCUT2D eigenvalue weighted by Crippen LogP contribution is -2.51. The number of rotatable bonds is 6. The van der Waals surface area contributed by atoms with Crippen molar-refractivity contribution < 1.29 is 9.90 Å². The summed E-state index contributed by atoms with van der Waals surface area (Å²) in [5, 5.41) is 17.4. The third-order valence-electron chi connectivity index (χ3n) is 8.25. The van der Waals surface area contributed by atoms with Gasteiger partial charge in [-0.15, -0.1) is 0 Å². The van der Waals surface area contributed by atoms with E-state index in [1.165, 1.54) is 24.1 Å². The summed E-state index contributed by atoms with van der Waals surface area (Å²) < 4.78 is 2.10. The summed E-state index contributed by atoms with van der Waals surface area (Å²) in [5.74, 6) is -0.0682. The van der Waals surface area contributed by atoms with Crippen molar-refractivity contribution >= 4 is 5.91 Å². The van der Waals surface area contributed by atoms with Crippen LogP contribution >= 0.6 is 0 Å². The summed E-state index contributed by atoms with van der Waals surface area (Å²) >= 11 is 0. The number of aryl methyl sites for hydroxylation is 2. The number of amides is 1. The van der Waals surface area contributed by atoms with Gasteiger partial charge in [0.1, 0.15) is 0 Å². The second-order valence-electron chi connectivity index (χ2n) is 10.2. The van der Waals surface area contributed by atoms with Crippen LogP contribution in [0.5, 0.6) is 0 Å². The quantitative estimate of drug-likeness (QED) is 0.685. The zero-order valence-corrected chi connectivity index (χ0v) is 20.5. The van der Waals surface area contributed by atoms with Gasteiger partial charge in [0.25, 0.3) is 5.91 Å². The Morgan fingerprint density at radius 3 is 2.38 bits per heavy atom. The highest BCUT2D eigenvalue weighted by atomic mass is 16.3. The van der Waals surface area contributed by atoms with Crippen molar-refractivity contribution in [1.82, 2.24) is 24.9 Å². The Hall–Kier alpha value is -2.22. The Morgan fingerprint density at radius 2 is 1.68 bits per heavy atom. The number of aliphatic hydroxyl groups is 1. The molecule has 1 aliphatic carbocycles. The number of carbonyl (C=O) groups is 1. The highest BCUT2D eigenvalue weighted by Gasteiger charge is 2.34. The van der Waals surface area contributed by atoms with Gasteiger partial charge in [-0.3, -0.25) is 14.4 Å². The second-order valence-corrected chi connectivity index (χ2v) is 10.2. The Morgan fingerprint density at radius 1 is 1.00 bits per heavy atom. The van der Waals surface area contributed by atoms with Gasteiger partial charge in [0, 0.05) is 50.0 Å². The Kier molecular flexibility index (Phi) is 7.32. The smallest absolute Gasteiger partial charge is 0.271 e. The lowest BCUT2D eigenvalue weighted by atomic mass is 9.88. The van der Waals surface area contributed by atoms with E-state index in [-0.39, 0.29) is 12.0 Å². The molecule has 2 N–H and O–H groups in total. The van der Waals surface area contributed by atoms with Crippen LogP contribution in [0.25, 0.3) is 0 Å². The van der Waals surface area contributed by atoms with Gasteiger partial charge >= 0.3 is 0 Å². The lowest BCUT2D eigenvalue weighted by molar-refractivity contribution is 0.0299. The van der Waals surface area contributed by atoms with E-state index >= 15 is 0 Å². The van der Waals surface area contributed by atoms with Gasteiger partial charge in [-0.05, 0) is 70.0 Å². The summed E-state index contributed by atoms with van der Waals surface area (Å²) in [6.07, 6.45) is 8.12. The maximum atomic E-state index is 12.7. The monoisotopic (exact) mass is 465 g/mol. The maximum absolute atomic E-state index is 12.7. The molecule has 3 aliphatic rings. The molecule has 1 amide bonds. The number of aromatic nitrogens is 2. The molecule has 1 aromatic carbocycles. The molecule has 7 nitrogen and oxygen atoms in total. The summed E-state index contributed by atoms with van der Waals surface area (Å²) in [4.78, 5) is 17.9. The van der Waals surface area contributed by atoms with Gasteiger partial charge < -0.3 is 15.3 Å². The SMILES string of the molecule is CNC(=O)c1nn(CCc2ccccc2)c2c1CC(N1CCC(N3CCC(O)CC3)CC1)CC2. The van der Waals surface area contributed by atoms with Crippen LogP contribution in [0.3, 0.4) is 0 Å². The van der Waals surface area contributed by atoms with Crippen molar-refractivity contribution in [2.24, 2.45) is 0 Å². The number of likely N-dealkylation sites (tertiary alicyclic amines) is 2. The van der Waals surface area contributed by atoms with E-state index in [1.807, 2.05) is 6.07 Å². The fraction of sp³-hybridized carbons (Fsp3) is 0.630. The average Bonchev–Trinajstić information content (AvgIpc) is 3.26. The van der Waals surface area contributed by atoms with Crippen LogP contribution in [-0.2, 0) is 25.8 Å². The summed E-state index contributed by atoms with van der Waals surface area (Å²) in [7, 11) is 1.70. The topological polar surface area (TPSA) is 73.6 Å². The first kappa shape index (κ1) is 23.5. The standard InChI is InChI=1S/C27H39N5O2/c1-28-27(34)26-24-19-22(31-14-10-21(11-15-31)30-16-12-23(33)13-17-30)7-8-25(24)32(29-26)18-9-20-5-3-2-4-6-20/h2-6,21-23,33H,7-19H2,1H3,(H,28,34). The molecule has 0 spiro atoms. The first-order valence-electron chi connectivity index (χ1n) is 13.1. The van der Waals surface area contributed by atoms with Crippen molar-refractivity contribution in [1.29, 1.82) is 0 Å². The molecule has 1 unspecified atom stereocenters. The van der Waals surface area contributed by atoms with Crippen molar-refractivity contribution in [2.75, 3.05) is 33.2 Å². The number of carbonyl (C=O) groups excluding carboxylic acids is 1. The third kappa shape index (κ3) is 5.07. The molecule has 2 aliphatic heterocycles. The summed E-state index contributed by atoms with van der Waals surface area (Å²) in [6.45, 7) is 5.14. The number of fused-ring (bicyclic) bond motifs is 1. The van der Waals surface area contributed by atoms with Crippen molar-refractivity contribution in [3.05, 3.63) is 52.8 Å². The van der Waals surface area contributed by atoms with Crippen molar-refractivity contribution in [3.63, 3.8) is 0 Å². The molecule has 0 bridgehead atoms. The first-order chi connectivity index (χ1) is 16.6. The number of hydrogen-bond donors (Lipinski definition) is 2. The Bertz CT molecular complexity index is 959. The van der Waals surface area contributed by atoms with Gasteiger partial charge in [0.2, 0.25) is 0 Å². The van der Waals surface area contributed by atoms with E-state index < -0.39 is 0 Å². The van der Waals surface area contributed by atoms with Crippen molar-refractivity contribution in [3.8, 4) is 0 Å². The predicted molar refractivity (Wildman–Crippen MR) is 133 cm³/mol. The molecule has 0 radical (unpaired) electrons. The number of hydrogen-bond acceptors (Lipinski definition) is 5. The van der Waals surface area contributed by atoms with Crippen LogP contribution in [-0.4, -0.2) is 82.0 Å². The zero-order chi connectivity index (χ0) is 23.5. The molecule has 1 atom stereocenters. The molecular weight excluding hydrogens is 426 g/mol. The number of benzene rings is 1. The fourth-order valence-corrected chi connectivity index (χ4v) is 6.21. The number of aliphatic hydroxyl groups excluding tert-OH is 1. The van der Waals surface area contributed by atoms with Crippen LogP contribution in [0, 0.1) is 0 Å². The van der Waals surface area contributed by atoms with E-state index in [9.17, 15) is 9.90 Å². The second kappa shape index (κ2) is 10.6. The molecule has 2 saturated heterocycles. The van der Waals surface area contributed by atoms with Crippen LogP contribution in [0.1, 0.15) is 59.4 Å². The minimum absolute atomic E-state index is 0.0682. The molecule has 2 aromatic rings. The van der Waals surface area contributed by atoms with Gasteiger partial charge in [-0.1, -0.05) is 30.3 Å². The highest BCUT2D eigenvalue weighted by Crippen LogP contribution is 2.30. The van der Waals surface area contributed by atoms with Gasteiger partial charge in [0.15, 0.2) is 5.69 Å². The maximum Gasteiger partial charge on any atom is 0.271 e. The molecule has 184 valence electrons. The minimum atomic E-state index is -0.101. The predicted octanol–water partition coefficient (Wildman–Crippen LogP) is 2.26. The summed E-state index contributed by atoms with van der Waals surface area (Å²) in [6, 6.07) is 11.7. The number of nitrogens with one attached hydrogen (secondary N) is 1. The van der Waals surface area contributed by atoms with E-state index in [4.69, 9.17) is 5.10 Å². The molecule has 34 heavy (non-hydrogen) atoms. The zero-order valence-electron chi connectivity index (χ0n) is 20.5. The minimum Gasteiger partial charge on any atom is -0.393 e. The lowest BCUT2D eigenvalue weighted by Gasteiger charge is -2.44. The van der Waals surface area contributed by atoms with Gasteiger partial charge in [-0.2, -0.15) is 5.10 Å². The van der Waals surface area contributed by atoms with Crippen LogP contribution in [0.15, 0.2) is 30.3 Å². The first-order valence-corrected chi connectivity index (χ1v) is 13.1. The Balaban J connectivity index is 1.24. The molecule has 1 aromatic heterocycles. The molecule has 2 fully saturated rings. The number of nitrogens with zero attached hydrogens (tertiary/aromatic N) is 4. The average molecular weight is 466 g/mol. The van der Waals surface area contributed by atoms with Crippen molar-refractivity contribution in [2.45, 2.75) is 76.1 Å². The molecule has 7 heteroatoms. The normalized spacial score (nSPS) is 23.1. The third-order valence-corrected chi connectivity index (χ3v) is 8.25. The Labute approximate surface area is 203 Å². The van der Waals surface area contributed by atoms with Gasteiger partial charge in [-0.25, -0.2) is 0 Å². The molecule has 0 saturated carbocycles. The largest absolute Gasteiger partial charge is 0.393 e. The van der Waals surface area contributed by atoms with E-state index in [0.29, 0.717) is 17.8 Å². The molecule has 3 heterocycles. The van der Waals surface area contributed by atoms with Gasteiger partial charge in [0.05, 0.1) is 6.10 Å². The number of piperidine rings is 2. The molecule has 5 rings (SSSR count). The van der Waals surface area contributed by atoms with Crippen LogP contribution < -0.4 is 5.32 Å². The molecular formula is C27H39N5O2. The van der Waals surface area contributed by atoms with E-state index in [1.54, 1.807) is 7.05 Å². The van der Waals surface area contributed by atoms with Crippen LogP contribution in [0.4, 0.5) is 0 Å². The van der Waals surface area contributed by atoms with E-state index in [2.05, 4.69) is 44.1 Å². The van der Waals surface area contributed by atoms with Crippen LogP contribution in [0.2, 0.25) is 0 Å².